The summed E-state index contributed by atoms with van der Waals surface area (Å²) in [4.78, 5) is 53.6. The lowest BCUT2D eigenvalue weighted by Gasteiger charge is -2.18. The van der Waals surface area contributed by atoms with Crippen LogP contribution in [0.25, 0.3) is 22.3 Å². The molecular weight excluding hydrogens is 612 g/mol. The minimum Gasteiger partial charge on any atom is -0.388 e. The average Bonchev–Trinajstić information content (AvgIpc) is 3.54. The number of ketones is 1. The van der Waals surface area contributed by atoms with E-state index in [1.54, 1.807) is 24.3 Å². The molecule has 0 spiro atoms. The van der Waals surface area contributed by atoms with Crippen LogP contribution in [0.4, 0.5) is 11.5 Å². The highest BCUT2D eigenvalue weighted by Crippen LogP contribution is 2.55. The summed E-state index contributed by atoms with van der Waals surface area (Å²) in [6, 6.07) is 12.6. The van der Waals surface area contributed by atoms with E-state index >= 15 is 0 Å². The lowest BCUT2D eigenvalue weighted by Crippen LogP contribution is -2.32. The third kappa shape index (κ3) is 5.42. The number of imidazole rings is 1. The van der Waals surface area contributed by atoms with Crippen molar-refractivity contribution in [3.63, 3.8) is 0 Å². The van der Waals surface area contributed by atoms with E-state index in [-0.39, 0.29) is 34.5 Å². The summed E-state index contributed by atoms with van der Waals surface area (Å²) in [7, 11) is -8.96. The number of anilines is 2. The summed E-state index contributed by atoms with van der Waals surface area (Å²) in [6.45, 7) is 0. The predicted molar refractivity (Wildman–Crippen MR) is 151 cm³/mol. The summed E-state index contributed by atoms with van der Waals surface area (Å²) in [5, 5.41) is 24.3. The Morgan fingerprint density at radius 3 is 2.43 bits per heavy atom. The zero-order chi connectivity index (χ0) is 30.0. The highest BCUT2D eigenvalue weighted by Gasteiger charge is 2.45. The maximum absolute atomic E-state index is 12.7. The Kier molecular flexibility index (Phi) is 7.33. The Balaban J connectivity index is 1.26. The third-order valence-corrected chi connectivity index (χ3v) is 11.5. The molecule has 5 atom stereocenters. The molecule has 14 nitrogen and oxygen atoms in total. The number of nitrogens with one attached hydrogen (secondary N) is 1. The minimum atomic E-state index is -4.74. The third-order valence-electron chi connectivity index (χ3n) is 7.16. The molecule has 1 aliphatic heterocycles. The Bertz CT molecular complexity index is 1830. The van der Waals surface area contributed by atoms with Crippen molar-refractivity contribution in [3.8, 4) is 11.1 Å². The summed E-state index contributed by atoms with van der Waals surface area (Å²) in [6.07, 6.45) is -4.78. The molecule has 42 heavy (non-hydrogen) atoms. The van der Waals surface area contributed by atoms with Gasteiger partial charge in [0.25, 0.3) is 0 Å². The Morgan fingerprint density at radius 1 is 0.976 bits per heavy atom. The Morgan fingerprint density at radius 2 is 1.69 bits per heavy atom. The molecule has 1 fully saturated rings. The zero-order valence-corrected chi connectivity index (χ0v) is 24.0. The molecule has 2 aromatic carbocycles. The van der Waals surface area contributed by atoms with Gasteiger partial charge in [0.15, 0.2) is 29.0 Å². The van der Waals surface area contributed by atoms with Gasteiger partial charge in [0, 0.05) is 23.0 Å². The van der Waals surface area contributed by atoms with Crippen molar-refractivity contribution < 1.29 is 43.6 Å². The van der Waals surface area contributed by atoms with E-state index in [1.165, 1.54) is 10.9 Å². The van der Waals surface area contributed by atoms with Crippen molar-refractivity contribution in [1.29, 1.82) is 0 Å². The summed E-state index contributed by atoms with van der Waals surface area (Å²) < 4.78 is 30.5. The standard InChI is InChI=1S/C25H24ClN5O9P2/c26-25-29-22(28-12-5-6-15-16(9-12)13-3-1-2-4-14(13)19(15)32)18-23(30-25)31(10-27-18)24-21(34)20(33)17(40-24)7-8-41(35,36)11-42(37,38)39/h1-6,9-10,17,20-21,24,33-34H,7-8,11H2,(H,35,36)(H,28,29,30)(H2,37,38,39)/t17-,20?,21?,24-/m1/s1. The number of fused-ring (bicyclic) bond motifs is 4. The SMILES string of the molecule is O=C1c2ccccc2-c2cc(Nc3nc(Cl)nc4c3ncn4[C@@H]3O[C@H](CCP(=O)(O)CP(=O)(O)O)C(O)C3O)ccc21. The second kappa shape index (κ2) is 10.6. The molecule has 1 aliphatic carbocycles. The van der Waals surface area contributed by atoms with E-state index in [2.05, 4.69) is 20.3 Å². The quantitative estimate of drug-likeness (QED) is 0.107. The molecule has 4 aromatic rings. The number of aliphatic hydroxyl groups excluding tert-OH is 2. The van der Waals surface area contributed by atoms with Gasteiger partial charge in [0.05, 0.1) is 12.4 Å². The molecule has 2 aromatic heterocycles. The molecule has 0 radical (unpaired) electrons. The summed E-state index contributed by atoms with van der Waals surface area (Å²) in [5.41, 5.74) is 3.79. The lowest BCUT2D eigenvalue weighted by atomic mass is 10.1. The number of carbonyl (C=O) groups excluding carboxylic acids is 1. The van der Waals surface area contributed by atoms with Crippen LogP contribution in [0.15, 0.2) is 48.8 Å². The molecule has 3 unspecified atom stereocenters. The fourth-order valence-corrected chi connectivity index (χ4v) is 8.98. The molecule has 6 N–H and O–H groups in total. The van der Waals surface area contributed by atoms with Crippen molar-refractivity contribution >= 4 is 55.0 Å². The zero-order valence-electron chi connectivity index (χ0n) is 21.5. The van der Waals surface area contributed by atoms with E-state index in [4.69, 9.17) is 26.1 Å². The number of rotatable bonds is 8. The molecule has 220 valence electrons. The van der Waals surface area contributed by atoms with Crippen LogP contribution in [0.2, 0.25) is 5.28 Å². The molecular formula is C25H24ClN5O9P2. The number of aliphatic hydroxyl groups is 2. The molecule has 6 rings (SSSR count). The number of hydrogen-bond donors (Lipinski definition) is 6. The fourth-order valence-electron chi connectivity index (χ4n) is 5.29. The van der Waals surface area contributed by atoms with Gasteiger partial charge in [0.2, 0.25) is 12.7 Å². The normalized spacial score (nSPS) is 23.1. The maximum atomic E-state index is 12.7. The van der Waals surface area contributed by atoms with E-state index in [9.17, 15) is 29.0 Å². The molecule has 2 aliphatic rings. The number of halogens is 1. The molecule has 3 heterocycles. The lowest BCUT2D eigenvalue weighted by molar-refractivity contribution is -0.0354. The van der Waals surface area contributed by atoms with Crippen LogP contribution in [-0.4, -0.2) is 80.6 Å². The number of hydrogen-bond acceptors (Lipinski definition) is 10. The number of aromatic nitrogens is 4. The Labute approximate surface area is 242 Å². The van der Waals surface area contributed by atoms with Gasteiger partial charge in [-0.3, -0.25) is 18.5 Å². The van der Waals surface area contributed by atoms with Gasteiger partial charge in [-0.15, -0.1) is 0 Å². The van der Waals surface area contributed by atoms with Crippen LogP contribution in [0.1, 0.15) is 28.6 Å². The number of benzene rings is 2. The van der Waals surface area contributed by atoms with E-state index in [1.807, 2.05) is 18.2 Å². The number of ether oxygens (including phenoxy) is 1. The highest BCUT2D eigenvalue weighted by atomic mass is 35.5. The predicted octanol–water partition coefficient (Wildman–Crippen LogP) is 2.85. The van der Waals surface area contributed by atoms with E-state index in [0.717, 1.165) is 11.1 Å². The second-order valence-corrected chi connectivity index (χ2v) is 15.1. The summed E-state index contributed by atoms with van der Waals surface area (Å²) in [5.74, 6) is -1.03. The first-order chi connectivity index (χ1) is 19.8. The monoisotopic (exact) mass is 635 g/mol. The van der Waals surface area contributed by atoms with Crippen molar-refractivity contribution in [3.05, 3.63) is 65.2 Å². The van der Waals surface area contributed by atoms with Gasteiger partial charge in [-0.1, -0.05) is 24.3 Å². The van der Waals surface area contributed by atoms with Crippen LogP contribution in [0.3, 0.4) is 0 Å². The van der Waals surface area contributed by atoms with Gasteiger partial charge >= 0.3 is 7.60 Å². The number of nitrogens with zero attached hydrogens (tertiary/aromatic N) is 4. The molecule has 0 saturated carbocycles. The maximum Gasteiger partial charge on any atom is 0.335 e. The second-order valence-electron chi connectivity index (χ2n) is 10.1. The smallest absolute Gasteiger partial charge is 0.335 e. The molecule has 1 saturated heterocycles. The topological polar surface area (TPSA) is 217 Å². The minimum absolute atomic E-state index is 0.0578. The highest BCUT2D eigenvalue weighted by molar-refractivity contribution is 7.72. The first-order valence-electron chi connectivity index (χ1n) is 12.6. The van der Waals surface area contributed by atoms with Gasteiger partial charge < -0.3 is 34.9 Å². The first-order valence-corrected chi connectivity index (χ1v) is 16.8. The van der Waals surface area contributed by atoms with Crippen LogP contribution < -0.4 is 5.32 Å². The largest absolute Gasteiger partial charge is 0.388 e. The first kappa shape index (κ1) is 29.1. The van der Waals surface area contributed by atoms with E-state index in [0.29, 0.717) is 16.8 Å². The van der Waals surface area contributed by atoms with Gasteiger partial charge in [-0.2, -0.15) is 9.97 Å². The van der Waals surface area contributed by atoms with Gasteiger partial charge in [-0.05, 0) is 47.3 Å². The van der Waals surface area contributed by atoms with Crippen LogP contribution in [0.5, 0.6) is 0 Å². The Hall–Kier alpha value is -3.03. The van der Waals surface area contributed by atoms with Crippen molar-refractivity contribution in [2.45, 2.75) is 31.0 Å². The van der Waals surface area contributed by atoms with Crippen molar-refractivity contribution in [1.82, 2.24) is 19.5 Å². The van der Waals surface area contributed by atoms with Crippen LogP contribution in [0, 0.1) is 0 Å². The molecule has 0 amide bonds. The van der Waals surface area contributed by atoms with Crippen molar-refractivity contribution in [2.75, 3.05) is 17.4 Å². The van der Waals surface area contributed by atoms with Crippen LogP contribution >= 0.6 is 26.6 Å². The average molecular weight is 636 g/mol. The van der Waals surface area contributed by atoms with E-state index < -0.39 is 51.6 Å². The summed E-state index contributed by atoms with van der Waals surface area (Å²) >= 11 is 6.23. The fraction of sp³-hybridized carbons (Fsp3) is 0.280. The van der Waals surface area contributed by atoms with Crippen LogP contribution in [-0.2, 0) is 13.9 Å². The van der Waals surface area contributed by atoms with Crippen molar-refractivity contribution in [2.24, 2.45) is 0 Å². The van der Waals surface area contributed by atoms with Gasteiger partial charge in [0.1, 0.15) is 18.1 Å². The molecule has 17 heteroatoms. The molecule has 0 bridgehead atoms. The van der Waals surface area contributed by atoms with Gasteiger partial charge in [-0.25, -0.2) is 4.98 Å². The number of carbonyl (C=O) groups is 1.